The predicted molar refractivity (Wildman–Crippen MR) is 123 cm³/mol. The summed E-state index contributed by atoms with van der Waals surface area (Å²) in [5.74, 6) is 3.73. The van der Waals surface area contributed by atoms with Crippen molar-refractivity contribution in [2.24, 2.45) is 0 Å². The number of hydrogen-bond donors (Lipinski definition) is 1. The van der Waals surface area contributed by atoms with Crippen molar-refractivity contribution in [3.05, 3.63) is 77.6 Å². The second kappa shape index (κ2) is 8.55. The highest BCUT2D eigenvalue weighted by molar-refractivity contribution is 5.95. The van der Waals surface area contributed by atoms with Gasteiger partial charge in [0.25, 0.3) is 5.95 Å². The van der Waals surface area contributed by atoms with E-state index in [1.807, 2.05) is 61.5 Å². The van der Waals surface area contributed by atoms with Gasteiger partial charge in [-0.25, -0.2) is 4.98 Å². The molecular weight excluding hydrogens is 416 g/mol. The van der Waals surface area contributed by atoms with E-state index in [2.05, 4.69) is 31.5 Å². The first-order chi connectivity index (χ1) is 16.1. The van der Waals surface area contributed by atoms with E-state index in [1.165, 1.54) is 0 Å². The molecule has 5 rings (SSSR count). The Hall–Kier alpha value is -4.51. The van der Waals surface area contributed by atoms with Crippen LogP contribution in [0.3, 0.4) is 0 Å². The first kappa shape index (κ1) is 20.4. The Morgan fingerprint density at radius 2 is 1.97 bits per heavy atom. The van der Waals surface area contributed by atoms with Gasteiger partial charge in [0, 0.05) is 23.5 Å². The molecule has 0 bridgehead atoms. The molecule has 1 aliphatic heterocycles. The van der Waals surface area contributed by atoms with Gasteiger partial charge in [-0.05, 0) is 24.6 Å². The Labute approximate surface area is 190 Å². The molecule has 0 fully saturated rings. The number of anilines is 1. The zero-order valence-corrected chi connectivity index (χ0v) is 17.9. The van der Waals surface area contributed by atoms with E-state index in [4.69, 9.17) is 11.2 Å². The third-order valence-electron chi connectivity index (χ3n) is 5.51. The molecule has 2 aromatic carbocycles. The molecule has 33 heavy (non-hydrogen) atoms. The maximum Gasteiger partial charge on any atom is 0.272 e. The molecule has 3 heterocycles. The molecule has 1 atom stereocenters. The molecule has 0 saturated heterocycles. The Kier molecular flexibility index (Phi) is 5.29. The van der Waals surface area contributed by atoms with Gasteiger partial charge >= 0.3 is 0 Å². The van der Waals surface area contributed by atoms with Crippen LogP contribution in [-0.2, 0) is 4.79 Å². The highest BCUT2D eigenvalue weighted by Crippen LogP contribution is 2.40. The van der Waals surface area contributed by atoms with E-state index >= 15 is 0 Å². The summed E-state index contributed by atoms with van der Waals surface area (Å²) < 4.78 is 7.02. The van der Waals surface area contributed by atoms with Crippen LogP contribution in [0.15, 0.2) is 60.8 Å². The minimum absolute atomic E-state index is 0.103. The number of nitrogens with zero attached hydrogens (tertiary/aromatic N) is 5. The number of benzene rings is 2. The highest BCUT2D eigenvalue weighted by Gasteiger charge is 2.33. The van der Waals surface area contributed by atoms with Crippen molar-refractivity contribution in [1.82, 2.24) is 25.0 Å². The fourth-order valence-corrected chi connectivity index (χ4v) is 4.03. The smallest absolute Gasteiger partial charge is 0.272 e. The molecule has 0 radical (unpaired) electrons. The van der Waals surface area contributed by atoms with Gasteiger partial charge in [-0.2, -0.15) is 14.9 Å². The first-order valence-electron chi connectivity index (χ1n) is 10.4. The molecule has 1 N–H and O–H groups in total. The van der Waals surface area contributed by atoms with Crippen LogP contribution in [-0.4, -0.2) is 37.5 Å². The molecule has 0 spiro atoms. The summed E-state index contributed by atoms with van der Waals surface area (Å²) >= 11 is 0. The van der Waals surface area contributed by atoms with Crippen LogP contribution in [0.1, 0.15) is 29.2 Å². The number of hydrogen-bond acceptors (Lipinski definition) is 6. The van der Waals surface area contributed by atoms with Crippen molar-refractivity contribution in [2.75, 3.05) is 11.9 Å². The van der Waals surface area contributed by atoms with Gasteiger partial charge in [0.2, 0.25) is 5.91 Å². The second-order valence-corrected chi connectivity index (χ2v) is 7.63. The van der Waals surface area contributed by atoms with Gasteiger partial charge in [-0.15, -0.1) is 11.5 Å². The number of aryl methyl sites for hydroxylation is 1. The van der Waals surface area contributed by atoms with Gasteiger partial charge in [0.05, 0.1) is 17.6 Å². The summed E-state index contributed by atoms with van der Waals surface area (Å²) in [4.78, 5) is 17.3. The van der Waals surface area contributed by atoms with Crippen molar-refractivity contribution in [3.63, 3.8) is 0 Å². The van der Waals surface area contributed by atoms with E-state index in [9.17, 15) is 4.79 Å². The van der Waals surface area contributed by atoms with Crippen molar-refractivity contribution in [2.45, 2.75) is 19.3 Å². The summed E-state index contributed by atoms with van der Waals surface area (Å²) in [5.41, 5.74) is 4.29. The van der Waals surface area contributed by atoms with Crippen molar-refractivity contribution < 1.29 is 9.53 Å². The Morgan fingerprint density at radius 3 is 2.73 bits per heavy atom. The van der Waals surface area contributed by atoms with E-state index in [-0.39, 0.29) is 18.4 Å². The minimum atomic E-state index is -0.158. The van der Waals surface area contributed by atoms with Crippen LogP contribution in [0.5, 0.6) is 5.75 Å². The number of ether oxygens (including phenoxy) is 1. The maximum absolute atomic E-state index is 12.6. The Morgan fingerprint density at radius 1 is 1.18 bits per heavy atom. The average Bonchev–Trinajstić information content (AvgIpc) is 3.19. The maximum atomic E-state index is 12.6. The molecule has 8 heteroatoms. The van der Waals surface area contributed by atoms with Crippen LogP contribution in [0.25, 0.3) is 17.2 Å². The van der Waals surface area contributed by atoms with E-state index in [0.29, 0.717) is 29.6 Å². The molecule has 1 amide bonds. The van der Waals surface area contributed by atoms with Crippen LogP contribution in [0.4, 0.5) is 5.82 Å². The van der Waals surface area contributed by atoms with Crippen molar-refractivity contribution in [1.29, 1.82) is 0 Å². The minimum Gasteiger partial charge on any atom is -0.481 e. The van der Waals surface area contributed by atoms with E-state index < -0.39 is 0 Å². The lowest BCUT2D eigenvalue weighted by Gasteiger charge is -2.24. The molecular formula is C25H20N6O2. The average molecular weight is 436 g/mol. The molecule has 1 unspecified atom stereocenters. The quantitative estimate of drug-likeness (QED) is 0.481. The number of amides is 1. The number of nitrogens with one attached hydrogen (secondary N) is 1. The van der Waals surface area contributed by atoms with Crippen molar-refractivity contribution >= 4 is 11.7 Å². The third kappa shape index (κ3) is 3.92. The number of aromatic nitrogens is 5. The summed E-state index contributed by atoms with van der Waals surface area (Å²) in [7, 11) is 0. The normalized spacial score (nSPS) is 14.8. The lowest BCUT2D eigenvalue weighted by atomic mass is 9.86. The summed E-state index contributed by atoms with van der Waals surface area (Å²) in [6, 6.07) is 17.3. The Bertz CT molecular complexity index is 1360. The highest BCUT2D eigenvalue weighted by atomic mass is 16.5. The number of carbonyl (C=O) groups is 1. The summed E-state index contributed by atoms with van der Waals surface area (Å²) in [5, 5.41) is 15.9. The van der Waals surface area contributed by atoms with E-state index in [1.54, 1.807) is 10.9 Å². The van der Waals surface area contributed by atoms with Gasteiger partial charge in [-0.1, -0.05) is 48.4 Å². The molecule has 162 valence electrons. The third-order valence-corrected chi connectivity index (χ3v) is 5.51. The molecule has 0 aliphatic carbocycles. The van der Waals surface area contributed by atoms with Gasteiger partial charge in [-0.3, -0.25) is 4.79 Å². The molecule has 2 aromatic heterocycles. The zero-order chi connectivity index (χ0) is 22.8. The first-order valence-corrected chi connectivity index (χ1v) is 10.4. The monoisotopic (exact) mass is 436 g/mol. The van der Waals surface area contributed by atoms with Gasteiger partial charge in [0.15, 0.2) is 0 Å². The second-order valence-electron chi connectivity index (χ2n) is 7.63. The fourth-order valence-electron chi connectivity index (χ4n) is 4.03. The van der Waals surface area contributed by atoms with Crippen LogP contribution >= 0.6 is 0 Å². The SMILES string of the molecule is C#CCOc1ccc(C2CC(=O)Nc3c2c(C)nn3-c2nncc(-c3ccccc3)n2)cc1. The zero-order valence-electron chi connectivity index (χ0n) is 17.9. The predicted octanol–water partition coefficient (Wildman–Crippen LogP) is 3.52. The van der Waals surface area contributed by atoms with Crippen LogP contribution in [0, 0.1) is 19.3 Å². The molecule has 8 nitrogen and oxygen atoms in total. The largest absolute Gasteiger partial charge is 0.481 e. The molecule has 0 saturated carbocycles. The lowest BCUT2D eigenvalue weighted by molar-refractivity contribution is -0.116. The van der Waals surface area contributed by atoms with Crippen molar-refractivity contribution in [3.8, 4) is 35.3 Å². The van der Waals surface area contributed by atoms with Crippen LogP contribution in [0.2, 0.25) is 0 Å². The van der Waals surface area contributed by atoms with Gasteiger partial charge in [0.1, 0.15) is 18.2 Å². The Balaban J connectivity index is 1.54. The van der Waals surface area contributed by atoms with Crippen LogP contribution < -0.4 is 10.1 Å². The number of carbonyl (C=O) groups excluding carboxylic acids is 1. The number of rotatable bonds is 5. The van der Waals surface area contributed by atoms with E-state index in [0.717, 1.165) is 22.4 Å². The summed E-state index contributed by atoms with van der Waals surface area (Å²) in [6.45, 7) is 2.12. The fraction of sp³-hybridized carbons (Fsp3) is 0.160. The molecule has 1 aliphatic rings. The standard InChI is InChI=1S/C25H20N6O2/c1-3-13-33-19-11-9-17(10-12-19)20-14-22(32)28-24-23(20)16(2)30-31(24)25-27-21(15-26-29-25)18-7-5-4-6-8-18/h1,4-12,15,20H,13-14H2,2H3,(H,28,32). The van der Waals surface area contributed by atoms with Gasteiger partial charge < -0.3 is 10.1 Å². The lowest BCUT2D eigenvalue weighted by Crippen LogP contribution is -2.25. The number of fused-ring (bicyclic) bond motifs is 1. The number of terminal acetylenes is 1. The topological polar surface area (TPSA) is 94.8 Å². The summed E-state index contributed by atoms with van der Waals surface area (Å²) in [6.07, 6.45) is 7.17. The molecule has 4 aromatic rings.